The molecule has 2 N–H and O–H groups in total. The van der Waals surface area contributed by atoms with Crippen molar-refractivity contribution in [1.82, 2.24) is 4.98 Å². The number of hydrogen-bond acceptors (Lipinski definition) is 4. The van der Waals surface area contributed by atoms with E-state index in [9.17, 15) is 0 Å². The summed E-state index contributed by atoms with van der Waals surface area (Å²) in [6, 6.07) is 4.08. The Labute approximate surface area is 121 Å². The number of aromatic nitrogens is 1. The molecule has 1 aromatic heterocycles. The molecule has 2 aliphatic rings. The molecule has 4 nitrogen and oxygen atoms in total. The maximum absolute atomic E-state index is 6.12. The van der Waals surface area contributed by atoms with Gasteiger partial charge in [0.05, 0.1) is 11.2 Å². The highest BCUT2D eigenvalue weighted by atomic mass is 16.7. The SMILES string of the molecule is CC1(C)OB(c2ccc(C3CCC3)nc2N)OC1(C)C. The lowest BCUT2D eigenvalue weighted by Crippen LogP contribution is -2.41. The summed E-state index contributed by atoms with van der Waals surface area (Å²) in [7, 11) is -0.428. The molecule has 0 atom stereocenters. The average molecular weight is 274 g/mol. The van der Waals surface area contributed by atoms with Crippen molar-refractivity contribution in [1.29, 1.82) is 0 Å². The van der Waals surface area contributed by atoms with Gasteiger partial charge in [-0.15, -0.1) is 0 Å². The summed E-state index contributed by atoms with van der Waals surface area (Å²) in [4.78, 5) is 4.55. The minimum absolute atomic E-state index is 0.350. The van der Waals surface area contributed by atoms with E-state index in [2.05, 4.69) is 11.1 Å². The van der Waals surface area contributed by atoms with Crippen molar-refractivity contribution in [2.75, 3.05) is 5.73 Å². The van der Waals surface area contributed by atoms with E-state index in [0.717, 1.165) is 11.2 Å². The Bertz CT molecular complexity index is 511. The molecule has 2 heterocycles. The summed E-state index contributed by atoms with van der Waals surface area (Å²) in [5.74, 6) is 1.12. The minimum Gasteiger partial charge on any atom is -0.399 e. The number of hydrogen-bond donors (Lipinski definition) is 1. The van der Waals surface area contributed by atoms with E-state index in [1.165, 1.54) is 19.3 Å². The van der Waals surface area contributed by atoms with Crippen molar-refractivity contribution >= 4 is 18.4 Å². The normalized spacial score (nSPS) is 24.7. The third-order valence-electron chi connectivity index (χ3n) is 5.01. The summed E-state index contributed by atoms with van der Waals surface area (Å²) in [6.45, 7) is 8.16. The molecule has 2 fully saturated rings. The molecule has 0 bridgehead atoms. The Hall–Kier alpha value is -1.07. The quantitative estimate of drug-likeness (QED) is 0.840. The molecule has 0 aromatic carbocycles. The van der Waals surface area contributed by atoms with Crippen LogP contribution < -0.4 is 11.2 Å². The summed E-state index contributed by atoms with van der Waals surface area (Å²) < 4.78 is 12.1. The zero-order valence-corrected chi connectivity index (χ0v) is 12.8. The monoisotopic (exact) mass is 274 g/mol. The van der Waals surface area contributed by atoms with E-state index in [0.29, 0.717) is 11.7 Å². The van der Waals surface area contributed by atoms with E-state index >= 15 is 0 Å². The summed E-state index contributed by atoms with van der Waals surface area (Å²) in [5.41, 5.74) is 7.37. The first-order chi connectivity index (χ1) is 9.30. The Morgan fingerprint density at radius 2 is 1.75 bits per heavy atom. The van der Waals surface area contributed by atoms with Gasteiger partial charge >= 0.3 is 7.12 Å². The highest BCUT2D eigenvalue weighted by Gasteiger charge is 2.52. The Morgan fingerprint density at radius 1 is 1.15 bits per heavy atom. The summed E-state index contributed by atoms with van der Waals surface area (Å²) in [5, 5.41) is 0. The molecule has 108 valence electrons. The number of pyridine rings is 1. The van der Waals surface area contributed by atoms with Gasteiger partial charge in [0.25, 0.3) is 0 Å². The standard InChI is InChI=1S/C15H23BN2O2/c1-14(2)15(3,4)20-16(19-14)11-8-9-12(18-13(11)17)10-6-5-7-10/h8-10H,5-7H2,1-4H3,(H2,17,18). The molecule has 3 rings (SSSR count). The van der Waals surface area contributed by atoms with Crippen molar-refractivity contribution in [2.24, 2.45) is 0 Å². The Kier molecular flexibility index (Phi) is 3.10. The van der Waals surface area contributed by atoms with E-state index in [-0.39, 0.29) is 11.2 Å². The molecule has 5 heteroatoms. The summed E-state index contributed by atoms with van der Waals surface area (Å²) in [6.07, 6.45) is 3.75. The first-order valence-corrected chi connectivity index (χ1v) is 7.42. The molecule has 1 saturated heterocycles. The van der Waals surface area contributed by atoms with Crippen LogP contribution in [0.5, 0.6) is 0 Å². The lowest BCUT2D eigenvalue weighted by Gasteiger charge is -2.32. The highest BCUT2D eigenvalue weighted by molar-refractivity contribution is 6.63. The third-order valence-corrected chi connectivity index (χ3v) is 5.01. The first-order valence-electron chi connectivity index (χ1n) is 7.42. The van der Waals surface area contributed by atoms with Crippen LogP contribution in [0.25, 0.3) is 0 Å². The molecule has 0 radical (unpaired) electrons. The molecule has 20 heavy (non-hydrogen) atoms. The van der Waals surface area contributed by atoms with Gasteiger partial charge in [-0.05, 0) is 46.6 Å². The fraction of sp³-hybridized carbons (Fsp3) is 0.667. The average Bonchev–Trinajstić information content (AvgIpc) is 2.45. The van der Waals surface area contributed by atoms with Crippen molar-refractivity contribution in [2.45, 2.75) is 64.1 Å². The van der Waals surface area contributed by atoms with Gasteiger partial charge in [0.15, 0.2) is 0 Å². The van der Waals surface area contributed by atoms with Crippen LogP contribution in [0.1, 0.15) is 58.6 Å². The number of rotatable bonds is 2. The van der Waals surface area contributed by atoms with Crippen LogP contribution in [0, 0.1) is 0 Å². The van der Waals surface area contributed by atoms with Crippen LogP contribution >= 0.6 is 0 Å². The lowest BCUT2D eigenvalue weighted by atomic mass is 9.77. The zero-order valence-electron chi connectivity index (χ0n) is 12.8. The smallest absolute Gasteiger partial charge is 0.399 e. The van der Waals surface area contributed by atoms with E-state index < -0.39 is 7.12 Å². The van der Waals surface area contributed by atoms with E-state index in [1.54, 1.807) is 0 Å². The van der Waals surface area contributed by atoms with Crippen molar-refractivity contribution in [3.05, 3.63) is 17.8 Å². The van der Waals surface area contributed by atoms with Gasteiger partial charge in [-0.3, -0.25) is 0 Å². The Morgan fingerprint density at radius 3 is 2.20 bits per heavy atom. The van der Waals surface area contributed by atoms with Crippen molar-refractivity contribution in [3.8, 4) is 0 Å². The van der Waals surface area contributed by atoms with Crippen molar-refractivity contribution < 1.29 is 9.31 Å². The van der Waals surface area contributed by atoms with Gasteiger partial charge < -0.3 is 15.0 Å². The van der Waals surface area contributed by atoms with E-state index in [1.807, 2.05) is 33.8 Å². The molecule has 1 aromatic rings. The molecular formula is C15H23BN2O2. The van der Waals surface area contributed by atoms with Gasteiger partial charge in [0, 0.05) is 17.1 Å². The zero-order chi connectivity index (χ0) is 14.5. The van der Waals surface area contributed by atoms with Crippen LogP contribution in [0.2, 0.25) is 0 Å². The highest BCUT2D eigenvalue weighted by Crippen LogP contribution is 2.38. The summed E-state index contributed by atoms with van der Waals surface area (Å²) >= 11 is 0. The third kappa shape index (κ3) is 2.13. The second-order valence-electron chi connectivity index (χ2n) is 6.93. The second-order valence-corrected chi connectivity index (χ2v) is 6.93. The Balaban J connectivity index is 1.85. The van der Waals surface area contributed by atoms with Crippen LogP contribution in [0.4, 0.5) is 5.82 Å². The number of anilines is 1. The first kappa shape index (κ1) is 13.9. The molecule has 0 amide bonds. The van der Waals surface area contributed by atoms with Gasteiger partial charge in [-0.2, -0.15) is 0 Å². The maximum Gasteiger partial charge on any atom is 0.498 e. The fourth-order valence-electron chi connectivity index (χ4n) is 2.60. The van der Waals surface area contributed by atoms with E-state index in [4.69, 9.17) is 15.0 Å². The number of nitrogens with zero attached hydrogens (tertiary/aromatic N) is 1. The van der Waals surface area contributed by atoms with Gasteiger partial charge in [0.1, 0.15) is 5.82 Å². The topological polar surface area (TPSA) is 57.4 Å². The van der Waals surface area contributed by atoms with Crippen LogP contribution in [0.3, 0.4) is 0 Å². The molecule has 0 unspecified atom stereocenters. The molecular weight excluding hydrogens is 251 g/mol. The second kappa shape index (κ2) is 4.47. The van der Waals surface area contributed by atoms with Crippen molar-refractivity contribution in [3.63, 3.8) is 0 Å². The molecule has 0 spiro atoms. The fourth-order valence-corrected chi connectivity index (χ4v) is 2.60. The predicted octanol–water partition coefficient (Wildman–Crippen LogP) is 2.23. The predicted molar refractivity (Wildman–Crippen MR) is 81.0 cm³/mol. The van der Waals surface area contributed by atoms with Crippen LogP contribution in [0.15, 0.2) is 12.1 Å². The van der Waals surface area contributed by atoms with Crippen LogP contribution in [-0.4, -0.2) is 23.3 Å². The van der Waals surface area contributed by atoms with Gasteiger partial charge in [-0.1, -0.05) is 12.5 Å². The van der Waals surface area contributed by atoms with Gasteiger partial charge in [0.2, 0.25) is 0 Å². The molecule has 1 aliphatic carbocycles. The van der Waals surface area contributed by atoms with Gasteiger partial charge in [-0.25, -0.2) is 4.98 Å². The lowest BCUT2D eigenvalue weighted by molar-refractivity contribution is 0.00578. The number of nitrogens with two attached hydrogens (primary N) is 1. The minimum atomic E-state index is -0.428. The van der Waals surface area contributed by atoms with Crippen LogP contribution in [-0.2, 0) is 9.31 Å². The maximum atomic E-state index is 6.12. The molecule has 1 saturated carbocycles. The largest absolute Gasteiger partial charge is 0.498 e. The number of nitrogen functional groups attached to an aromatic ring is 1. The molecule has 1 aliphatic heterocycles.